The molecule has 0 radical (unpaired) electrons. The van der Waals surface area contributed by atoms with Crippen molar-refractivity contribution in [3.05, 3.63) is 79.4 Å². The summed E-state index contributed by atoms with van der Waals surface area (Å²) in [5.41, 5.74) is 2.46. The van der Waals surface area contributed by atoms with E-state index in [1.807, 2.05) is 54.6 Å². The maximum absolute atomic E-state index is 12.7. The molecule has 1 unspecified atom stereocenters. The monoisotopic (exact) mass is 383 g/mol. The van der Waals surface area contributed by atoms with Gasteiger partial charge >= 0.3 is 0 Å². The molecular weight excluding hydrogens is 366 g/mol. The SMILES string of the molecule is O=C(Nc1cncc(-c2ccncc2)c1)C1COc2cc3ccccc3cc2O1. The van der Waals surface area contributed by atoms with Crippen molar-refractivity contribution >= 4 is 22.4 Å². The van der Waals surface area contributed by atoms with E-state index in [9.17, 15) is 4.79 Å². The van der Waals surface area contributed by atoms with E-state index in [0.717, 1.165) is 21.9 Å². The summed E-state index contributed by atoms with van der Waals surface area (Å²) in [4.78, 5) is 21.0. The molecule has 0 bridgehead atoms. The molecule has 29 heavy (non-hydrogen) atoms. The fourth-order valence-electron chi connectivity index (χ4n) is 3.32. The lowest BCUT2D eigenvalue weighted by Crippen LogP contribution is -2.40. The highest BCUT2D eigenvalue weighted by Gasteiger charge is 2.28. The molecule has 0 aliphatic carbocycles. The van der Waals surface area contributed by atoms with Crippen LogP contribution in [0.2, 0.25) is 0 Å². The molecule has 1 atom stereocenters. The maximum Gasteiger partial charge on any atom is 0.269 e. The first-order valence-electron chi connectivity index (χ1n) is 9.25. The first-order valence-corrected chi connectivity index (χ1v) is 9.25. The number of aromatic nitrogens is 2. The molecule has 6 nitrogen and oxygen atoms in total. The van der Waals surface area contributed by atoms with Gasteiger partial charge in [-0.3, -0.25) is 14.8 Å². The van der Waals surface area contributed by atoms with Crippen LogP contribution in [0.5, 0.6) is 11.5 Å². The molecule has 142 valence electrons. The second-order valence-corrected chi connectivity index (χ2v) is 6.75. The number of nitrogens with zero attached hydrogens (tertiary/aromatic N) is 2. The molecule has 1 amide bonds. The van der Waals surface area contributed by atoms with Crippen LogP contribution in [0.1, 0.15) is 0 Å². The lowest BCUT2D eigenvalue weighted by Gasteiger charge is -2.26. The second kappa shape index (κ2) is 7.24. The third-order valence-corrected chi connectivity index (χ3v) is 4.78. The van der Waals surface area contributed by atoms with E-state index >= 15 is 0 Å². The molecule has 6 heteroatoms. The Morgan fingerprint density at radius 3 is 2.45 bits per heavy atom. The normalized spacial score (nSPS) is 15.1. The van der Waals surface area contributed by atoms with Gasteiger partial charge in [-0.05, 0) is 46.7 Å². The van der Waals surface area contributed by atoms with Gasteiger partial charge in [-0.2, -0.15) is 0 Å². The van der Waals surface area contributed by atoms with Crippen LogP contribution in [0, 0.1) is 0 Å². The Morgan fingerprint density at radius 2 is 1.66 bits per heavy atom. The predicted octanol–water partition coefficient (Wildman–Crippen LogP) is 4.08. The van der Waals surface area contributed by atoms with Crippen molar-refractivity contribution in [2.45, 2.75) is 6.10 Å². The van der Waals surface area contributed by atoms with Gasteiger partial charge in [-0.1, -0.05) is 24.3 Å². The standard InChI is InChI=1S/C23H17N3O3/c27-23(26-19-9-18(12-25-13-19)15-5-7-24-8-6-15)22-14-28-20-10-16-3-1-2-4-17(16)11-21(20)29-22/h1-13,22H,14H2,(H,26,27). The van der Waals surface area contributed by atoms with Crippen LogP contribution >= 0.6 is 0 Å². The summed E-state index contributed by atoms with van der Waals surface area (Å²) in [6.45, 7) is 0.147. The van der Waals surface area contributed by atoms with Crippen LogP contribution in [0.25, 0.3) is 21.9 Å². The summed E-state index contributed by atoms with van der Waals surface area (Å²) >= 11 is 0. The average molecular weight is 383 g/mol. The molecule has 2 aromatic carbocycles. The van der Waals surface area contributed by atoms with Gasteiger partial charge in [0.15, 0.2) is 11.5 Å². The molecular formula is C23H17N3O3. The lowest BCUT2D eigenvalue weighted by atomic mass is 10.1. The Labute approximate surface area is 167 Å². The molecule has 4 aromatic rings. The number of anilines is 1. The number of fused-ring (bicyclic) bond motifs is 2. The molecule has 1 aliphatic rings. The minimum atomic E-state index is -0.742. The van der Waals surface area contributed by atoms with Gasteiger partial charge in [0.2, 0.25) is 6.10 Å². The Morgan fingerprint density at radius 1 is 0.897 bits per heavy atom. The van der Waals surface area contributed by atoms with Gasteiger partial charge in [0.25, 0.3) is 5.91 Å². The van der Waals surface area contributed by atoms with Crippen LogP contribution in [0.3, 0.4) is 0 Å². The van der Waals surface area contributed by atoms with Crippen LogP contribution in [0.4, 0.5) is 5.69 Å². The smallest absolute Gasteiger partial charge is 0.269 e. The molecule has 0 saturated carbocycles. The number of hydrogen-bond donors (Lipinski definition) is 1. The van der Waals surface area contributed by atoms with Crippen molar-refractivity contribution < 1.29 is 14.3 Å². The second-order valence-electron chi connectivity index (χ2n) is 6.75. The van der Waals surface area contributed by atoms with E-state index in [1.54, 1.807) is 24.8 Å². The average Bonchev–Trinajstić information content (AvgIpc) is 2.78. The number of nitrogens with one attached hydrogen (secondary N) is 1. The van der Waals surface area contributed by atoms with E-state index in [1.165, 1.54) is 0 Å². The van der Waals surface area contributed by atoms with Crippen molar-refractivity contribution in [2.24, 2.45) is 0 Å². The number of carbonyl (C=O) groups excluding carboxylic acids is 1. The number of rotatable bonds is 3. The van der Waals surface area contributed by atoms with E-state index in [4.69, 9.17) is 9.47 Å². The molecule has 0 spiro atoms. The highest BCUT2D eigenvalue weighted by Crippen LogP contribution is 2.36. The number of benzene rings is 2. The quantitative estimate of drug-likeness (QED) is 0.577. The Hall–Kier alpha value is -3.93. The van der Waals surface area contributed by atoms with Gasteiger partial charge in [-0.25, -0.2) is 0 Å². The van der Waals surface area contributed by atoms with Crippen molar-refractivity contribution in [2.75, 3.05) is 11.9 Å². The third-order valence-electron chi connectivity index (χ3n) is 4.78. The minimum absolute atomic E-state index is 0.147. The van der Waals surface area contributed by atoms with Crippen LogP contribution in [0.15, 0.2) is 79.4 Å². The van der Waals surface area contributed by atoms with Gasteiger partial charge in [0, 0.05) is 24.2 Å². The molecule has 5 rings (SSSR count). The topological polar surface area (TPSA) is 73.3 Å². The zero-order valence-corrected chi connectivity index (χ0v) is 15.4. The van der Waals surface area contributed by atoms with Crippen LogP contribution < -0.4 is 14.8 Å². The van der Waals surface area contributed by atoms with Crippen LogP contribution in [-0.2, 0) is 4.79 Å². The maximum atomic E-state index is 12.7. The number of amides is 1. The van der Waals surface area contributed by atoms with Gasteiger partial charge in [-0.15, -0.1) is 0 Å². The minimum Gasteiger partial charge on any atom is -0.485 e. The van der Waals surface area contributed by atoms with Crippen molar-refractivity contribution in [3.8, 4) is 22.6 Å². The Balaban J connectivity index is 1.34. The number of pyridine rings is 2. The van der Waals surface area contributed by atoms with Crippen molar-refractivity contribution in [3.63, 3.8) is 0 Å². The molecule has 1 N–H and O–H groups in total. The zero-order valence-electron chi connectivity index (χ0n) is 15.4. The predicted molar refractivity (Wildman–Crippen MR) is 110 cm³/mol. The van der Waals surface area contributed by atoms with Gasteiger partial charge in [0.05, 0.1) is 11.9 Å². The molecule has 1 aliphatic heterocycles. The molecule has 2 aromatic heterocycles. The summed E-state index contributed by atoms with van der Waals surface area (Å²) in [6, 6.07) is 17.4. The summed E-state index contributed by atoms with van der Waals surface area (Å²) in [5.74, 6) is 0.936. The van der Waals surface area contributed by atoms with Crippen molar-refractivity contribution in [1.82, 2.24) is 9.97 Å². The van der Waals surface area contributed by atoms with E-state index < -0.39 is 6.10 Å². The number of hydrogen-bond acceptors (Lipinski definition) is 5. The largest absolute Gasteiger partial charge is 0.485 e. The highest BCUT2D eigenvalue weighted by molar-refractivity contribution is 5.95. The van der Waals surface area contributed by atoms with E-state index in [2.05, 4.69) is 15.3 Å². The van der Waals surface area contributed by atoms with Crippen LogP contribution in [-0.4, -0.2) is 28.6 Å². The van der Waals surface area contributed by atoms with Gasteiger partial charge < -0.3 is 14.8 Å². The summed E-state index contributed by atoms with van der Waals surface area (Å²) in [7, 11) is 0. The van der Waals surface area contributed by atoms with E-state index in [-0.39, 0.29) is 12.5 Å². The number of ether oxygens (including phenoxy) is 2. The van der Waals surface area contributed by atoms with Crippen molar-refractivity contribution in [1.29, 1.82) is 0 Å². The first-order chi connectivity index (χ1) is 14.3. The summed E-state index contributed by atoms with van der Waals surface area (Å²) < 4.78 is 11.7. The lowest BCUT2D eigenvalue weighted by molar-refractivity contribution is -0.125. The van der Waals surface area contributed by atoms with E-state index in [0.29, 0.717) is 17.2 Å². The zero-order chi connectivity index (χ0) is 19.6. The summed E-state index contributed by atoms with van der Waals surface area (Å²) in [6.07, 6.45) is 6.04. The molecule has 0 fully saturated rings. The highest BCUT2D eigenvalue weighted by atomic mass is 16.6. The fraction of sp³-hybridized carbons (Fsp3) is 0.0870. The Bertz CT molecular complexity index is 1190. The first kappa shape index (κ1) is 17.2. The van der Waals surface area contributed by atoms with Gasteiger partial charge in [0.1, 0.15) is 6.61 Å². The Kier molecular flexibility index (Phi) is 4.29. The fourth-order valence-corrected chi connectivity index (χ4v) is 3.32. The molecule has 3 heterocycles. The third kappa shape index (κ3) is 3.48. The summed E-state index contributed by atoms with van der Waals surface area (Å²) in [5, 5.41) is 4.97. The number of carbonyl (C=O) groups is 1. The molecule has 0 saturated heterocycles.